The van der Waals surface area contributed by atoms with E-state index in [1.165, 1.54) is 11.3 Å². The first kappa shape index (κ1) is 9.30. The molecular formula is C10H13N3OS. The zero-order valence-corrected chi connectivity index (χ0v) is 9.22. The number of hydrogen-bond acceptors (Lipinski definition) is 4. The number of fused-ring (bicyclic) bond motifs is 2. The zero-order chi connectivity index (χ0) is 10.3. The molecule has 1 N–H and O–H groups in total. The van der Waals surface area contributed by atoms with Gasteiger partial charge in [0.2, 0.25) is 0 Å². The fourth-order valence-corrected chi connectivity index (χ4v) is 3.05. The molecule has 0 radical (unpaired) electrons. The molecule has 1 amide bonds. The molecule has 0 unspecified atom stereocenters. The summed E-state index contributed by atoms with van der Waals surface area (Å²) in [7, 11) is 0. The van der Waals surface area contributed by atoms with Gasteiger partial charge in [-0.15, -0.1) is 11.3 Å². The predicted molar refractivity (Wildman–Crippen MR) is 58.0 cm³/mol. The van der Waals surface area contributed by atoms with Crippen molar-refractivity contribution in [2.75, 3.05) is 19.6 Å². The Morgan fingerprint density at radius 3 is 2.87 bits per heavy atom. The molecule has 3 heterocycles. The third-order valence-electron chi connectivity index (χ3n) is 3.34. The molecule has 5 heteroatoms. The number of nitrogens with zero attached hydrogens (tertiary/aromatic N) is 2. The standard InChI is InChI=1S/C10H13N3OS/c14-8(9-11-3-6-15-9)12-10-1-4-13(7-10)5-2-10/h3,6H,1-2,4-5,7H2,(H,12,14). The van der Waals surface area contributed by atoms with Crippen LogP contribution in [0.5, 0.6) is 0 Å². The first-order chi connectivity index (χ1) is 7.27. The van der Waals surface area contributed by atoms with Gasteiger partial charge in [0.15, 0.2) is 5.01 Å². The van der Waals surface area contributed by atoms with Crippen LogP contribution in [0.4, 0.5) is 0 Å². The summed E-state index contributed by atoms with van der Waals surface area (Å²) in [5, 5.41) is 5.57. The van der Waals surface area contributed by atoms with E-state index in [1.54, 1.807) is 6.20 Å². The van der Waals surface area contributed by atoms with Crippen LogP contribution in [0.15, 0.2) is 11.6 Å². The minimum Gasteiger partial charge on any atom is -0.343 e. The van der Waals surface area contributed by atoms with Gasteiger partial charge in [-0.05, 0) is 12.8 Å². The molecule has 0 saturated carbocycles. The van der Waals surface area contributed by atoms with Gasteiger partial charge in [-0.1, -0.05) is 0 Å². The average molecular weight is 223 g/mol. The Morgan fingerprint density at radius 1 is 1.53 bits per heavy atom. The van der Waals surface area contributed by atoms with Crippen molar-refractivity contribution in [2.24, 2.45) is 0 Å². The first-order valence-electron chi connectivity index (χ1n) is 5.22. The topological polar surface area (TPSA) is 45.2 Å². The van der Waals surface area contributed by atoms with Gasteiger partial charge >= 0.3 is 0 Å². The summed E-state index contributed by atoms with van der Waals surface area (Å²) in [6.07, 6.45) is 3.85. The number of hydrogen-bond donors (Lipinski definition) is 1. The number of carbonyl (C=O) groups excluding carboxylic acids is 1. The molecule has 2 fully saturated rings. The molecule has 0 aromatic carbocycles. The van der Waals surface area contributed by atoms with E-state index in [0.29, 0.717) is 5.01 Å². The summed E-state index contributed by atoms with van der Waals surface area (Å²) < 4.78 is 0. The summed E-state index contributed by atoms with van der Waals surface area (Å²) in [6, 6.07) is 0. The maximum absolute atomic E-state index is 11.9. The lowest BCUT2D eigenvalue weighted by molar-refractivity contribution is 0.0907. The predicted octanol–water partition coefficient (Wildman–Crippen LogP) is 0.721. The highest BCUT2D eigenvalue weighted by atomic mass is 32.1. The maximum Gasteiger partial charge on any atom is 0.280 e. The monoisotopic (exact) mass is 223 g/mol. The highest BCUT2D eigenvalue weighted by Crippen LogP contribution is 2.32. The molecule has 1 aromatic heterocycles. The van der Waals surface area contributed by atoms with E-state index in [-0.39, 0.29) is 11.4 Å². The van der Waals surface area contributed by atoms with Crippen LogP contribution < -0.4 is 5.32 Å². The van der Waals surface area contributed by atoms with Gasteiger partial charge in [-0.2, -0.15) is 0 Å². The molecule has 80 valence electrons. The van der Waals surface area contributed by atoms with Crippen molar-refractivity contribution in [1.82, 2.24) is 15.2 Å². The van der Waals surface area contributed by atoms with E-state index < -0.39 is 0 Å². The number of carbonyl (C=O) groups is 1. The quantitative estimate of drug-likeness (QED) is 0.803. The van der Waals surface area contributed by atoms with Crippen LogP contribution in [-0.4, -0.2) is 41.0 Å². The van der Waals surface area contributed by atoms with E-state index in [4.69, 9.17) is 0 Å². The van der Waals surface area contributed by atoms with Gasteiger partial charge in [0.25, 0.3) is 5.91 Å². The largest absolute Gasteiger partial charge is 0.343 e. The smallest absolute Gasteiger partial charge is 0.280 e. The van der Waals surface area contributed by atoms with Crippen LogP contribution in [0.25, 0.3) is 0 Å². The Balaban J connectivity index is 1.73. The number of amides is 1. The average Bonchev–Trinajstić information content (AvgIpc) is 2.94. The van der Waals surface area contributed by atoms with Crippen molar-refractivity contribution in [3.05, 3.63) is 16.6 Å². The van der Waals surface area contributed by atoms with Gasteiger partial charge in [0.1, 0.15) is 0 Å². The van der Waals surface area contributed by atoms with Crippen LogP contribution in [-0.2, 0) is 0 Å². The van der Waals surface area contributed by atoms with E-state index in [0.717, 1.165) is 32.5 Å². The summed E-state index contributed by atoms with van der Waals surface area (Å²) in [6.45, 7) is 3.26. The number of aromatic nitrogens is 1. The third-order valence-corrected chi connectivity index (χ3v) is 4.12. The van der Waals surface area contributed by atoms with Gasteiger partial charge < -0.3 is 10.2 Å². The summed E-state index contributed by atoms with van der Waals surface area (Å²) in [5.74, 6) is -0.00579. The molecule has 2 saturated heterocycles. The van der Waals surface area contributed by atoms with Crippen molar-refractivity contribution in [1.29, 1.82) is 0 Å². The fourth-order valence-electron chi connectivity index (χ4n) is 2.52. The second-order valence-electron chi connectivity index (χ2n) is 4.35. The number of nitrogens with one attached hydrogen (secondary N) is 1. The molecule has 1 aromatic rings. The molecule has 4 nitrogen and oxygen atoms in total. The minimum atomic E-state index is -0.00579. The van der Waals surface area contributed by atoms with Gasteiger partial charge in [0.05, 0.1) is 5.54 Å². The van der Waals surface area contributed by atoms with Crippen molar-refractivity contribution < 1.29 is 4.79 Å². The molecule has 2 aliphatic rings. The van der Waals surface area contributed by atoms with E-state index in [2.05, 4.69) is 15.2 Å². The van der Waals surface area contributed by atoms with Gasteiger partial charge in [0, 0.05) is 31.2 Å². The van der Waals surface area contributed by atoms with Crippen LogP contribution in [0.3, 0.4) is 0 Å². The van der Waals surface area contributed by atoms with E-state index >= 15 is 0 Å². The number of thiazole rings is 1. The van der Waals surface area contributed by atoms with Gasteiger partial charge in [-0.25, -0.2) is 4.98 Å². The maximum atomic E-state index is 11.9. The Morgan fingerprint density at radius 2 is 2.33 bits per heavy atom. The molecule has 15 heavy (non-hydrogen) atoms. The third kappa shape index (κ3) is 1.55. The molecule has 0 atom stereocenters. The number of rotatable bonds is 2. The van der Waals surface area contributed by atoms with Crippen LogP contribution >= 0.6 is 11.3 Å². The molecular weight excluding hydrogens is 210 g/mol. The summed E-state index contributed by atoms with van der Waals surface area (Å²) in [5.41, 5.74) is 0.0444. The minimum absolute atomic E-state index is 0.00579. The SMILES string of the molecule is O=C(NC12CCN(CC1)C2)c1nccs1. The Bertz CT molecular complexity index is 368. The lowest BCUT2D eigenvalue weighted by Gasteiger charge is -2.26. The van der Waals surface area contributed by atoms with Crippen LogP contribution in [0, 0.1) is 0 Å². The van der Waals surface area contributed by atoms with Crippen molar-refractivity contribution in [3.8, 4) is 0 Å². The van der Waals surface area contributed by atoms with Gasteiger partial charge in [-0.3, -0.25) is 4.79 Å². The Labute approximate surface area is 92.3 Å². The van der Waals surface area contributed by atoms with Crippen molar-refractivity contribution in [3.63, 3.8) is 0 Å². The molecule has 2 bridgehead atoms. The Kier molecular flexibility index (Phi) is 2.03. The van der Waals surface area contributed by atoms with E-state index in [1.807, 2.05) is 5.38 Å². The van der Waals surface area contributed by atoms with Crippen molar-refractivity contribution >= 4 is 17.2 Å². The Hall–Kier alpha value is -0.940. The first-order valence-corrected chi connectivity index (χ1v) is 6.10. The van der Waals surface area contributed by atoms with Crippen molar-refractivity contribution in [2.45, 2.75) is 18.4 Å². The number of piperidine rings is 1. The highest BCUT2D eigenvalue weighted by molar-refractivity contribution is 7.11. The van der Waals surface area contributed by atoms with Crippen LogP contribution in [0.2, 0.25) is 0 Å². The summed E-state index contributed by atoms with van der Waals surface area (Å²) in [4.78, 5) is 18.3. The lowest BCUT2D eigenvalue weighted by atomic mass is 9.95. The fraction of sp³-hybridized carbons (Fsp3) is 0.600. The second-order valence-corrected chi connectivity index (χ2v) is 5.24. The second kappa shape index (κ2) is 3.28. The molecule has 2 aliphatic heterocycles. The zero-order valence-electron chi connectivity index (χ0n) is 8.40. The molecule has 0 aliphatic carbocycles. The normalized spacial score (nSPS) is 33.2. The molecule has 0 spiro atoms. The highest BCUT2D eigenvalue weighted by Gasteiger charge is 2.44. The molecule has 3 rings (SSSR count). The summed E-state index contributed by atoms with van der Waals surface area (Å²) >= 11 is 1.40. The lowest BCUT2D eigenvalue weighted by Crippen LogP contribution is -2.47. The van der Waals surface area contributed by atoms with Crippen LogP contribution in [0.1, 0.15) is 22.6 Å². The van der Waals surface area contributed by atoms with E-state index in [9.17, 15) is 4.79 Å².